The van der Waals surface area contributed by atoms with Crippen LogP contribution < -0.4 is 10.5 Å². The first-order chi connectivity index (χ1) is 9.26. The van der Waals surface area contributed by atoms with Gasteiger partial charge in [0.15, 0.2) is 0 Å². The van der Waals surface area contributed by atoms with Crippen LogP contribution in [0.3, 0.4) is 0 Å². The molecule has 2 nitrogen and oxygen atoms in total. The predicted octanol–water partition coefficient (Wildman–Crippen LogP) is 4.17. The van der Waals surface area contributed by atoms with E-state index in [-0.39, 0.29) is 0 Å². The second-order valence-corrected chi connectivity index (χ2v) is 5.44. The van der Waals surface area contributed by atoms with Gasteiger partial charge in [-0.1, -0.05) is 45.2 Å². The lowest BCUT2D eigenvalue weighted by Gasteiger charge is -2.11. The van der Waals surface area contributed by atoms with Gasteiger partial charge in [0.2, 0.25) is 0 Å². The average molecular weight is 263 g/mol. The highest BCUT2D eigenvalue weighted by Crippen LogP contribution is 2.16. The molecule has 0 heterocycles. The van der Waals surface area contributed by atoms with Gasteiger partial charge in [-0.05, 0) is 49.4 Å². The van der Waals surface area contributed by atoms with Crippen molar-refractivity contribution >= 4 is 0 Å². The first-order valence-corrected chi connectivity index (χ1v) is 7.68. The molecule has 0 aliphatic rings. The van der Waals surface area contributed by atoms with E-state index in [0.717, 1.165) is 38.2 Å². The van der Waals surface area contributed by atoms with Crippen LogP contribution in [0.1, 0.15) is 51.5 Å². The monoisotopic (exact) mass is 263 g/mol. The van der Waals surface area contributed by atoms with Gasteiger partial charge in [-0.25, -0.2) is 0 Å². The molecule has 0 aliphatic carbocycles. The first-order valence-electron chi connectivity index (χ1n) is 7.68. The van der Waals surface area contributed by atoms with Crippen LogP contribution in [0, 0.1) is 5.92 Å². The van der Waals surface area contributed by atoms with Gasteiger partial charge < -0.3 is 10.5 Å². The van der Waals surface area contributed by atoms with Crippen LogP contribution in [0.25, 0.3) is 0 Å². The van der Waals surface area contributed by atoms with Gasteiger partial charge in [-0.15, -0.1) is 0 Å². The summed E-state index contributed by atoms with van der Waals surface area (Å²) in [7, 11) is 0. The molecule has 2 N–H and O–H groups in total. The Labute approximate surface area is 118 Å². The minimum atomic E-state index is 0.658. The van der Waals surface area contributed by atoms with Gasteiger partial charge >= 0.3 is 0 Å². The van der Waals surface area contributed by atoms with Gasteiger partial charge in [0.1, 0.15) is 5.75 Å². The fraction of sp³-hybridized carbons (Fsp3) is 0.647. The highest BCUT2D eigenvalue weighted by Gasteiger charge is 2.03. The Bertz CT molecular complexity index is 321. The Hall–Kier alpha value is -1.02. The number of hydrogen-bond acceptors (Lipinski definition) is 2. The van der Waals surface area contributed by atoms with Crippen LogP contribution in [0.4, 0.5) is 0 Å². The SMILES string of the molecule is CCCCCCOc1ccc(CC(C)CCN)cc1. The zero-order chi connectivity index (χ0) is 13.9. The van der Waals surface area contributed by atoms with Gasteiger partial charge in [-0.2, -0.15) is 0 Å². The number of nitrogens with two attached hydrogens (primary N) is 1. The van der Waals surface area contributed by atoms with Gasteiger partial charge in [0.25, 0.3) is 0 Å². The van der Waals surface area contributed by atoms with Crippen molar-refractivity contribution in [2.45, 2.75) is 52.4 Å². The van der Waals surface area contributed by atoms with Crippen LogP contribution in [-0.2, 0) is 6.42 Å². The second kappa shape index (κ2) is 9.85. The molecule has 2 heteroatoms. The van der Waals surface area contributed by atoms with Gasteiger partial charge in [0, 0.05) is 0 Å². The predicted molar refractivity (Wildman–Crippen MR) is 82.6 cm³/mol. The summed E-state index contributed by atoms with van der Waals surface area (Å²) >= 11 is 0. The number of benzene rings is 1. The summed E-state index contributed by atoms with van der Waals surface area (Å²) in [6.45, 7) is 6.10. The molecule has 0 saturated heterocycles. The lowest BCUT2D eigenvalue weighted by molar-refractivity contribution is 0.305. The molecule has 0 radical (unpaired) electrons. The van der Waals surface area contributed by atoms with Gasteiger partial charge in [0.05, 0.1) is 6.61 Å². The van der Waals surface area contributed by atoms with E-state index in [1.165, 1.54) is 24.8 Å². The molecule has 1 atom stereocenters. The van der Waals surface area contributed by atoms with Crippen molar-refractivity contribution in [3.63, 3.8) is 0 Å². The molecule has 1 unspecified atom stereocenters. The maximum atomic E-state index is 5.74. The normalized spacial score (nSPS) is 12.4. The van der Waals surface area contributed by atoms with E-state index in [9.17, 15) is 0 Å². The minimum absolute atomic E-state index is 0.658. The van der Waals surface area contributed by atoms with Crippen LogP contribution in [-0.4, -0.2) is 13.2 Å². The smallest absolute Gasteiger partial charge is 0.119 e. The van der Waals surface area contributed by atoms with Crippen molar-refractivity contribution in [1.82, 2.24) is 0 Å². The Kier molecular flexibility index (Phi) is 8.31. The van der Waals surface area contributed by atoms with Crippen molar-refractivity contribution in [3.8, 4) is 5.75 Å². The topological polar surface area (TPSA) is 35.2 Å². The standard InChI is InChI=1S/C17H29NO/c1-3-4-5-6-13-19-17-9-7-16(8-10-17)14-15(2)11-12-18/h7-10,15H,3-6,11-14,18H2,1-2H3. The Morgan fingerprint density at radius 3 is 2.47 bits per heavy atom. The summed E-state index contributed by atoms with van der Waals surface area (Å²) in [6, 6.07) is 8.53. The van der Waals surface area contributed by atoms with Crippen molar-refractivity contribution in [2.24, 2.45) is 11.7 Å². The number of ether oxygens (including phenoxy) is 1. The third-order valence-electron chi connectivity index (χ3n) is 3.43. The van der Waals surface area contributed by atoms with E-state index in [4.69, 9.17) is 10.5 Å². The fourth-order valence-electron chi connectivity index (χ4n) is 2.23. The molecule has 0 saturated carbocycles. The molecule has 0 fully saturated rings. The highest BCUT2D eigenvalue weighted by atomic mass is 16.5. The van der Waals surface area contributed by atoms with Crippen molar-refractivity contribution < 1.29 is 4.74 Å². The molecule has 0 amide bonds. The molecule has 0 spiro atoms. The van der Waals surface area contributed by atoms with E-state index >= 15 is 0 Å². The number of unbranched alkanes of at least 4 members (excludes halogenated alkanes) is 3. The lowest BCUT2D eigenvalue weighted by Crippen LogP contribution is -2.08. The van der Waals surface area contributed by atoms with Gasteiger partial charge in [-0.3, -0.25) is 0 Å². The molecular weight excluding hydrogens is 234 g/mol. The summed E-state index contributed by atoms with van der Waals surface area (Å²) < 4.78 is 5.74. The largest absolute Gasteiger partial charge is 0.494 e. The molecule has 0 aromatic heterocycles. The zero-order valence-corrected chi connectivity index (χ0v) is 12.5. The molecule has 0 aliphatic heterocycles. The summed E-state index contributed by atoms with van der Waals surface area (Å²) in [6.07, 6.45) is 7.20. The molecule has 1 aromatic carbocycles. The zero-order valence-electron chi connectivity index (χ0n) is 12.5. The quantitative estimate of drug-likeness (QED) is 0.643. The Morgan fingerprint density at radius 2 is 1.84 bits per heavy atom. The molecule has 19 heavy (non-hydrogen) atoms. The van der Waals surface area contributed by atoms with E-state index < -0.39 is 0 Å². The highest BCUT2D eigenvalue weighted by molar-refractivity contribution is 5.27. The molecule has 1 rings (SSSR count). The summed E-state index contributed by atoms with van der Waals surface area (Å²) in [4.78, 5) is 0. The number of rotatable bonds is 10. The van der Waals surface area contributed by atoms with E-state index in [0.29, 0.717) is 5.92 Å². The fourth-order valence-corrected chi connectivity index (χ4v) is 2.23. The van der Waals surface area contributed by atoms with Crippen molar-refractivity contribution in [3.05, 3.63) is 29.8 Å². The molecule has 0 bridgehead atoms. The maximum absolute atomic E-state index is 5.74. The minimum Gasteiger partial charge on any atom is -0.494 e. The Morgan fingerprint density at radius 1 is 1.11 bits per heavy atom. The van der Waals surface area contributed by atoms with Crippen LogP contribution in [0.2, 0.25) is 0 Å². The maximum Gasteiger partial charge on any atom is 0.119 e. The lowest BCUT2D eigenvalue weighted by atomic mass is 9.98. The summed E-state index contributed by atoms with van der Waals surface area (Å²) in [5.74, 6) is 1.65. The average Bonchev–Trinajstić information content (AvgIpc) is 2.41. The number of hydrogen-bond donors (Lipinski definition) is 1. The first kappa shape index (κ1) is 16.0. The molecule has 1 aromatic rings. The van der Waals surface area contributed by atoms with E-state index in [1.807, 2.05) is 0 Å². The third-order valence-corrected chi connectivity index (χ3v) is 3.43. The van der Waals surface area contributed by atoms with E-state index in [1.54, 1.807) is 0 Å². The van der Waals surface area contributed by atoms with Crippen LogP contribution >= 0.6 is 0 Å². The summed E-state index contributed by atoms with van der Waals surface area (Å²) in [5, 5.41) is 0. The Balaban J connectivity index is 2.27. The third kappa shape index (κ3) is 7.22. The molecule has 108 valence electrons. The molecular formula is C17H29NO. The summed E-state index contributed by atoms with van der Waals surface area (Å²) in [5.41, 5.74) is 6.95. The van der Waals surface area contributed by atoms with E-state index in [2.05, 4.69) is 38.1 Å². The van der Waals surface area contributed by atoms with Crippen LogP contribution in [0.15, 0.2) is 24.3 Å². The second-order valence-electron chi connectivity index (χ2n) is 5.44. The van der Waals surface area contributed by atoms with Crippen LogP contribution in [0.5, 0.6) is 5.75 Å². The van der Waals surface area contributed by atoms with Crippen molar-refractivity contribution in [1.29, 1.82) is 0 Å². The van der Waals surface area contributed by atoms with Crippen molar-refractivity contribution in [2.75, 3.05) is 13.2 Å².